The molecule has 0 aliphatic carbocycles. The smallest absolute Gasteiger partial charge is 0.222 e. The highest BCUT2D eigenvalue weighted by Crippen LogP contribution is 2.25. The average Bonchev–Trinajstić information content (AvgIpc) is 2.42. The van der Waals surface area contributed by atoms with Crippen molar-refractivity contribution in [3.63, 3.8) is 0 Å². The molecule has 0 saturated heterocycles. The summed E-state index contributed by atoms with van der Waals surface area (Å²) in [6.45, 7) is 2.78. The first-order valence-corrected chi connectivity index (χ1v) is 7.27. The minimum atomic E-state index is 0. The van der Waals surface area contributed by atoms with Crippen molar-refractivity contribution < 1.29 is 9.47 Å². The summed E-state index contributed by atoms with van der Waals surface area (Å²) < 4.78 is 12.2. The zero-order valence-electron chi connectivity index (χ0n) is 12.1. The summed E-state index contributed by atoms with van der Waals surface area (Å²) in [6, 6.07) is 7.70. The highest BCUT2D eigenvalue weighted by atomic mass is 79.9. The Morgan fingerprint density at radius 3 is 2.45 bits per heavy atom. The second kappa shape index (κ2) is 8.65. The highest BCUT2D eigenvalue weighted by Gasteiger charge is 2.09. The van der Waals surface area contributed by atoms with Crippen molar-refractivity contribution in [1.29, 1.82) is 0 Å². The van der Waals surface area contributed by atoms with Gasteiger partial charge in [-0.05, 0) is 35.0 Å². The van der Waals surface area contributed by atoms with Gasteiger partial charge in [0.1, 0.15) is 5.75 Å². The third kappa shape index (κ3) is 4.92. The topological polar surface area (TPSA) is 96.3 Å². The van der Waals surface area contributed by atoms with Gasteiger partial charge in [-0.1, -0.05) is 12.1 Å². The number of ether oxygens (including phenoxy) is 2. The Labute approximate surface area is 143 Å². The normalized spacial score (nSPS) is 9.91. The molecule has 1 heterocycles. The largest absolute Gasteiger partial charge is 0.492 e. The standard InChI is InChI=1S/C14H17BrN4O2.ClH/c1-9-12(13(16)19-14(17)18-9)21-8-4-7-20-11-6-3-2-5-10(11)15;/h2-3,5-6H,4,7-8H2,1H3,(H4,16,17,18,19);1H. The maximum absolute atomic E-state index is 5.75. The van der Waals surface area contributed by atoms with E-state index < -0.39 is 0 Å². The molecule has 0 aliphatic heterocycles. The molecule has 0 bridgehead atoms. The van der Waals surface area contributed by atoms with E-state index >= 15 is 0 Å². The number of nitrogens with zero attached hydrogens (tertiary/aromatic N) is 2. The summed E-state index contributed by atoms with van der Waals surface area (Å²) in [5.74, 6) is 1.69. The van der Waals surface area contributed by atoms with Crippen LogP contribution in [0.1, 0.15) is 12.1 Å². The van der Waals surface area contributed by atoms with E-state index in [1.807, 2.05) is 24.3 Å². The number of hydrogen-bond donors (Lipinski definition) is 2. The maximum atomic E-state index is 5.75. The molecular formula is C14H18BrClN4O2. The van der Waals surface area contributed by atoms with Crippen LogP contribution in [0, 0.1) is 6.92 Å². The molecule has 0 aliphatic rings. The number of benzene rings is 1. The van der Waals surface area contributed by atoms with E-state index in [1.54, 1.807) is 6.92 Å². The number of aryl methyl sites for hydroxylation is 1. The maximum Gasteiger partial charge on any atom is 0.222 e. The van der Waals surface area contributed by atoms with Crippen LogP contribution in [0.2, 0.25) is 0 Å². The molecule has 2 aromatic rings. The molecule has 4 N–H and O–H groups in total. The number of nitrogens with two attached hydrogens (primary N) is 2. The molecule has 0 atom stereocenters. The number of nitrogen functional groups attached to an aromatic ring is 2. The first-order chi connectivity index (χ1) is 10.1. The molecule has 0 spiro atoms. The first kappa shape index (κ1) is 18.3. The van der Waals surface area contributed by atoms with Gasteiger partial charge in [-0.3, -0.25) is 0 Å². The third-order valence-corrected chi connectivity index (χ3v) is 3.36. The van der Waals surface area contributed by atoms with Crippen molar-refractivity contribution in [3.05, 3.63) is 34.4 Å². The van der Waals surface area contributed by atoms with Gasteiger partial charge in [0, 0.05) is 6.42 Å². The zero-order chi connectivity index (χ0) is 15.2. The van der Waals surface area contributed by atoms with Gasteiger partial charge in [-0.25, -0.2) is 4.98 Å². The van der Waals surface area contributed by atoms with Gasteiger partial charge in [0.2, 0.25) is 5.95 Å². The molecule has 120 valence electrons. The van der Waals surface area contributed by atoms with Crippen molar-refractivity contribution in [3.8, 4) is 11.5 Å². The molecule has 6 nitrogen and oxygen atoms in total. The van der Waals surface area contributed by atoms with E-state index in [0.717, 1.165) is 10.2 Å². The molecule has 0 radical (unpaired) electrons. The molecule has 1 aromatic heterocycles. The van der Waals surface area contributed by atoms with Crippen LogP contribution >= 0.6 is 28.3 Å². The van der Waals surface area contributed by atoms with Crippen molar-refractivity contribution >= 4 is 40.1 Å². The van der Waals surface area contributed by atoms with Crippen LogP contribution in [-0.4, -0.2) is 23.2 Å². The third-order valence-electron chi connectivity index (χ3n) is 2.71. The number of halogens is 2. The minimum absolute atomic E-state index is 0. The van der Waals surface area contributed by atoms with Gasteiger partial charge in [0.05, 0.1) is 23.4 Å². The Kier molecular flexibility index (Phi) is 7.20. The molecular weight excluding hydrogens is 372 g/mol. The van der Waals surface area contributed by atoms with Crippen molar-refractivity contribution in [2.45, 2.75) is 13.3 Å². The van der Waals surface area contributed by atoms with E-state index in [9.17, 15) is 0 Å². The molecule has 8 heteroatoms. The van der Waals surface area contributed by atoms with Crippen LogP contribution in [0.15, 0.2) is 28.7 Å². The van der Waals surface area contributed by atoms with Gasteiger partial charge in [0.25, 0.3) is 0 Å². The van der Waals surface area contributed by atoms with Gasteiger partial charge in [-0.15, -0.1) is 12.4 Å². The van der Waals surface area contributed by atoms with Crippen LogP contribution in [0.4, 0.5) is 11.8 Å². The first-order valence-electron chi connectivity index (χ1n) is 6.47. The Morgan fingerprint density at radius 1 is 1.09 bits per heavy atom. The molecule has 0 amide bonds. The van der Waals surface area contributed by atoms with Gasteiger partial charge >= 0.3 is 0 Å². The predicted molar refractivity (Wildman–Crippen MR) is 92.6 cm³/mol. The molecule has 1 aromatic carbocycles. The summed E-state index contributed by atoms with van der Waals surface area (Å²) in [7, 11) is 0. The lowest BCUT2D eigenvalue weighted by Gasteiger charge is -2.11. The Bertz CT molecular complexity index is 605. The van der Waals surface area contributed by atoms with E-state index in [-0.39, 0.29) is 24.2 Å². The predicted octanol–water partition coefficient (Wildman–Crippen LogP) is 2.98. The molecule has 0 saturated carbocycles. The van der Waals surface area contributed by atoms with Crippen molar-refractivity contribution in [2.24, 2.45) is 0 Å². The van der Waals surface area contributed by atoms with Gasteiger partial charge in [0.15, 0.2) is 11.6 Å². The number of rotatable bonds is 6. The SMILES string of the molecule is Cc1nc(N)nc(N)c1OCCCOc1ccccc1Br.Cl. The summed E-state index contributed by atoms with van der Waals surface area (Å²) in [6.07, 6.45) is 0.713. The fourth-order valence-electron chi connectivity index (χ4n) is 1.76. The molecule has 2 rings (SSSR count). The Morgan fingerprint density at radius 2 is 1.77 bits per heavy atom. The van der Waals surface area contributed by atoms with Crippen molar-refractivity contribution in [1.82, 2.24) is 9.97 Å². The Hall–Kier alpha value is -1.73. The average molecular weight is 390 g/mol. The molecule has 22 heavy (non-hydrogen) atoms. The number of anilines is 2. The Balaban J connectivity index is 0.00000242. The summed E-state index contributed by atoms with van der Waals surface area (Å²) in [5.41, 5.74) is 11.9. The van der Waals surface area contributed by atoms with Crippen LogP contribution in [0.3, 0.4) is 0 Å². The number of para-hydroxylation sites is 1. The lowest BCUT2D eigenvalue weighted by molar-refractivity contribution is 0.245. The van der Waals surface area contributed by atoms with Gasteiger partial charge in [-0.2, -0.15) is 4.98 Å². The zero-order valence-corrected chi connectivity index (χ0v) is 14.5. The highest BCUT2D eigenvalue weighted by molar-refractivity contribution is 9.10. The monoisotopic (exact) mass is 388 g/mol. The van der Waals surface area contributed by atoms with Crippen LogP contribution in [0.5, 0.6) is 11.5 Å². The quantitative estimate of drug-likeness (QED) is 0.737. The van der Waals surface area contributed by atoms with E-state index in [2.05, 4.69) is 25.9 Å². The summed E-state index contributed by atoms with van der Waals surface area (Å²) >= 11 is 3.43. The number of aromatic nitrogens is 2. The second-order valence-corrected chi connectivity index (χ2v) is 5.22. The summed E-state index contributed by atoms with van der Waals surface area (Å²) in [4.78, 5) is 7.89. The van der Waals surface area contributed by atoms with E-state index in [4.69, 9.17) is 20.9 Å². The number of hydrogen-bond acceptors (Lipinski definition) is 6. The lowest BCUT2D eigenvalue weighted by Crippen LogP contribution is -2.10. The molecule has 0 unspecified atom stereocenters. The molecule has 0 fully saturated rings. The van der Waals surface area contributed by atoms with E-state index in [1.165, 1.54) is 0 Å². The van der Waals surface area contributed by atoms with Crippen LogP contribution < -0.4 is 20.9 Å². The summed E-state index contributed by atoms with van der Waals surface area (Å²) in [5, 5.41) is 0. The van der Waals surface area contributed by atoms with E-state index in [0.29, 0.717) is 31.1 Å². The second-order valence-electron chi connectivity index (χ2n) is 4.36. The fourth-order valence-corrected chi connectivity index (χ4v) is 2.16. The van der Waals surface area contributed by atoms with Crippen LogP contribution in [0.25, 0.3) is 0 Å². The lowest BCUT2D eigenvalue weighted by atomic mass is 10.3. The van der Waals surface area contributed by atoms with Crippen LogP contribution in [-0.2, 0) is 0 Å². The van der Waals surface area contributed by atoms with Crippen molar-refractivity contribution in [2.75, 3.05) is 24.7 Å². The fraction of sp³-hybridized carbons (Fsp3) is 0.286. The minimum Gasteiger partial charge on any atom is -0.492 e. The van der Waals surface area contributed by atoms with Gasteiger partial charge < -0.3 is 20.9 Å².